The topological polar surface area (TPSA) is 12.0 Å². The summed E-state index contributed by atoms with van der Waals surface area (Å²) >= 11 is 3.55. The third-order valence-corrected chi connectivity index (χ3v) is 4.36. The third-order valence-electron chi connectivity index (χ3n) is 3.87. The Kier molecular flexibility index (Phi) is 5.81. The van der Waals surface area contributed by atoms with Gasteiger partial charge in [0.15, 0.2) is 0 Å². The summed E-state index contributed by atoms with van der Waals surface area (Å²) in [6.45, 7) is 2.27. The van der Waals surface area contributed by atoms with Crippen molar-refractivity contribution in [2.75, 3.05) is 7.05 Å². The predicted octanol–water partition coefficient (Wildman–Crippen LogP) is 4.77. The first kappa shape index (κ1) is 15.3. The van der Waals surface area contributed by atoms with Gasteiger partial charge in [-0.15, -0.1) is 0 Å². The summed E-state index contributed by atoms with van der Waals surface area (Å²) in [6, 6.07) is 19.9. The highest BCUT2D eigenvalue weighted by Crippen LogP contribution is 2.26. The predicted molar refractivity (Wildman–Crippen MR) is 90.2 cm³/mol. The molecule has 0 aliphatic carbocycles. The lowest BCUT2D eigenvalue weighted by Gasteiger charge is -2.26. The molecule has 0 aliphatic rings. The Morgan fingerprint density at radius 3 is 2.40 bits per heavy atom. The molecule has 0 bridgehead atoms. The molecular weight excluding hydrogens is 310 g/mol. The van der Waals surface area contributed by atoms with E-state index in [9.17, 15) is 0 Å². The molecule has 0 aliphatic heterocycles. The van der Waals surface area contributed by atoms with Crippen LogP contribution in [0.1, 0.15) is 30.4 Å². The number of likely N-dealkylation sites (N-methyl/N-ethyl adjacent to an activating group) is 1. The van der Waals surface area contributed by atoms with Crippen LogP contribution in [0.3, 0.4) is 0 Å². The molecule has 20 heavy (non-hydrogen) atoms. The van der Waals surface area contributed by atoms with Crippen LogP contribution in [0.2, 0.25) is 0 Å². The molecule has 0 saturated heterocycles. The molecule has 1 N–H and O–H groups in total. The minimum atomic E-state index is 0.455. The first-order valence-corrected chi connectivity index (χ1v) is 8.00. The number of nitrogens with one attached hydrogen (secondary N) is 1. The first-order valence-electron chi connectivity index (χ1n) is 7.21. The molecule has 0 aromatic heterocycles. The molecule has 2 unspecified atom stereocenters. The van der Waals surface area contributed by atoms with E-state index in [2.05, 4.69) is 89.8 Å². The number of rotatable bonds is 6. The van der Waals surface area contributed by atoms with E-state index < -0.39 is 0 Å². The van der Waals surface area contributed by atoms with Gasteiger partial charge in [-0.3, -0.25) is 0 Å². The molecular formula is C18H22BrN. The molecule has 0 fully saturated rings. The SMILES string of the molecule is CCC(c1ccccc1)C(Cc1cccc(Br)c1)NC. The largest absolute Gasteiger partial charge is 0.316 e. The lowest BCUT2D eigenvalue weighted by Crippen LogP contribution is -2.34. The van der Waals surface area contributed by atoms with Gasteiger partial charge in [0.05, 0.1) is 0 Å². The highest BCUT2D eigenvalue weighted by molar-refractivity contribution is 9.10. The Bertz CT molecular complexity index is 524. The van der Waals surface area contributed by atoms with Gasteiger partial charge in [-0.1, -0.05) is 65.3 Å². The van der Waals surface area contributed by atoms with Crippen LogP contribution >= 0.6 is 15.9 Å². The van der Waals surface area contributed by atoms with Crippen LogP contribution in [0.15, 0.2) is 59.1 Å². The van der Waals surface area contributed by atoms with E-state index in [1.165, 1.54) is 11.1 Å². The van der Waals surface area contributed by atoms with Crippen LogP contribution in [0.5, 0.6) is 0 Å². The lowest BCUT2D eigenvalue weighted by molar-refractivity contribution is 0.448. The first-order chi connectivity index (χ1) is 9.74. The van der Waals surface area contributed by atoms with Crippen LogP contribution in [-0.4, -0.2) is 13.1 Å². The minimum Gasteiger partial charge on any atom is -0.316 e. The van der Waals surface area contributed by atoms with E-state index in [1.54, 1.807) is 0 Å². The van der Waals surface area contributed by atoms with Gasteiger partial charge in [0.1, 0.15) is 0 Å². The monoisotopic (exact) mass is 331 g/mol. The quantitative estimate of drug-likeness (QED) is 0.803. The Hall–Kier alpha value is -1.12. The summed E-state index contributed by atoms with van der Waals surface area (Å²) in [5, 5.41) is 3.50. The molecule has 0 amide bonds. The van der Waals surface area contributed by atoms with Crippen molar-refractivity contribution in [1.82, 2.24) is 5.32 Å². The third kappa shape index (κ3) is 3.94. The second-order valence-electron chi connectivity index (χ2n) is 5.15. The zero-order chi connectivity index (χ0) is 14.4. The van der Waals surface area contributed by atoms with Crippen molar-refractivity contribution in [2.45, 2.75) is 31.7 Å². The maximum atomic E-state index is 3.55. The van der Waals surface area contributed by atoms with Crippen molar-refractivity contribution in [3.8, 4) is 0 Å². The van der Waals surface area contributed by atoms with Gasteiger partial charge in [0.25, 0.3) is 0 Å². The van der Waals surface area contributed by atoms with Crippen LogP contribution in [-0.2, 0) is 6.42 Å². The van der Waals surface area contributed by atoms with Crippen LogP contribution in [0.25, 0.3) is 0 Å². The van der Waals surface area contributed by atoms with Gasteiger partial charge >= 0.3 is 0 Å². The van der Waals surface area contributed by atoms with Gasteiger partial charge in [0.2, 0.25) is 0 Å². The normalized spacial score (nSPS) is 13.9. The van der Waals surface area contributed by atoms with E-state index in [0.29, 0.717) is 12.0 Å². The molecule has 2 heteroatoms. The Morgan fingerprint density at radius 2 is 1.80 bits per heavy atom. The molecule has 0 saturated carbocycles. The van der Waals surface area contributed by atoms with Gasteiger partial charge in [0, 0.05) is 10.5 Å². The maximum absolute atomic E-state index is 3.55. The fourth-order valence-corrected chi connectivity index (χ4v) is 3.26. The Balaban J connectivity index is 2.18. The van der Waals surface area contributed by atoms with Gasteiger partial charge in [-0.05, 0) is 49.1 Å². The van der Waals surface area contributed by atoms with Crippen LogP contribution in [0.4, 0.5) is 0 Å². The Morgan fingerprint density at radius 1 is 1.05 bits per heavy atom. The van der Waals surface area contributed by atoms with Crippen molar-refractivity contribution in [3.05, 3.63) is 70.2 Å². The van der Waals surface area contributed by atoms with E-state index in [0.717, 1.165) is 17.3 Å². The van der Waals surface area contributed by atoms with Crippen molar-refractivity contribution in [1.29, 1.82) is 0 Å². The lowest BCUT2D eigenvalue weighted by atomic mass is 9.86. The second kappa shape index (κ2) is 7.61. The second-order valence-corrected chi connectivity index (χ2v) is 6.07. The van der Waals surface area contributed by atoms with E-state index in [-0.39, 0.29) is 0 Å². The summed E-state index contributed by atoms with van der Waals surface area (Å²) < 4.78 is 1.15. The zero-order valence-corrected chi connectivity index (χ0v) is 13.7. The number of halogens is 1. The number of benzene rings is 2. The molecule has 0 heterocycles. The molecule has 2 atom stereocenters. The van der Waals surface area contributed by atoms with Crippen molar-refractivity contribution in [2.24, 2.45) is 0 Å². The van der Waals surface area contributed by atoms with Crippen molar-refractivity contribution >= 4 is 15.9 Å². The zero-order valence-electron chi connectivity index (χ0n) is 12.1. The summed E-state index contributed by atoms with van der Waals surface area (Å²) in [7, 11) is 2.06. The van der Waals surface area contributed by atoms with Gasteiger partial charge in [-0.25, -0.2) is 0 Å². The van der Waals surface area contributed by atoms with Gasteiger partial charge in [-0.2, -0.15) is 0 Å². The van der Waals surface area contributed by atoms with Crippen LogP contribution < -0.4 is 5.32 Å². The fraction of sp³-hybridized carbons (Fsp3) is 0.333. The van der Waals surface area contributed by atoms with Crippen molar-refractivity contribution in [3.63, 3.8) is 0 Å². The smallest absolute Gasteiger partial charge is 0.0178 e. The molecule has 0 radical (unpaired) electrons. The minimum absolute atomic E-state index is 0.455. The summed E-state index contributed by atoms with van der Waals surface area (Å²) in [5.74, 6) is 0.542. The summed E-state index contributed by atoms with van der Waals surface area (Å²) in [5.41, 5.74) is 2.79. The Labute approximate surface area is 130 Å². The molecule has 2 rings (SSSR count). The summed E-state index contributed by atoms with van der Waals surface area (Å²) in [4.78, 5) is 0. The summed E-state index contributed by atoms with van der Waals surface area (Å²) in [6.07, 6.45) is 2.19. The average molecular weight is 332 g/mol. The highest BCUT2D eigenvalue weighted by atomic mass is 79.9. The number of hydrogen-bond acceptors (Lipinski definition) is 1. The van der Waals surface area contributed by atoms with E-state index >= 15 is 0 Å². The molecule has 0 spiro atoms. The standard InChI is InChI=1S/C18H22BrN/c1-3-17(15-9-5-4-6-10-15)18(20-2)13-14-8-7-11-16(19)12-14/h4-12,17-18,20H,3,13H2,1-2H3. The fourth-order valence-electron chi connectivity index (χ4n) is 2.82. The molecule has 1 nitrogen and oxygen atoms in total. The number of hydrogen-bond donors (Lipinski definition) is 1. The van der Waals surface area contributed by atoms with Crippen LogP contribution in [0, 0.1) is 0 Å². The molecule has 106 valence electrons. The molecule has 2 aromatic carbocycles. The van der Waals surface area contributed by atoms with Crippen molar-refractivity contribution < 1.29 is 0 Å². The highest BCUT2D eigenvalue weighted by Gasteiger charge is 2.20. The van der Waals surface area contributed by atoms with E-state index in [1.807, 2.05) is 0 Å². The molecule has 2 aromatic rings. The van der Waals surface area contributed by atoms with E-state index in [4.69, 9.17) is 0 Å². The van der Waals surface area contributed by atoms with Gasteiger partial charge < -0.3 is 5.32 Å². The average Bonchev–Trinajstić information content (AvgIpc) is 2.48. The maximum Gasteiger partial charge on any atom is 0.0178 e.